The first-order valence-corrected chi connectivity index (χ1v) is 6.11. The number of hydrogen-bond acceptors (Lipinski definition) is 4. The fraction of sp³-hybridized carbons (Fsp3) is 0.615. The van der Waals surface area contributed by atoms with Crippen molar-refractivity contribution in [2.75, 3.05) is 19.8 Å². The summed E-state index contributed by atoms with van der Waals surface area (Å²) in [6.07, 6.45) is 2.57. The molecule has 0 saturated heterocycles. The number of nitrogens with zero attached hydrogens (tertiary/aromatic N) is 1. The lowest BCUT2D eigenvalue weighted by molar-refractivity contribution is 0.125. The molecule has 0 unspecified atom stereocenters. The Morgan fingerprint density at radius 3 is 2.82 bits per heavy atom. The second-order valence-corrected chi connectivity index (χ2v) is 4.48. The molecular weight excluding hydrogens is 216 g/mol. The Kier molecular flexibility index (Phi) is 6.58. The fourth-order valence-electron chi connectivity index (χ4n) is 1.30. The van der Waals surface area contributed by atoms with E-state index in [1.165, 1.54) is 6.20 Å². The molecule has 1 rings (SSSR count). The van der Waals surface area contributed by atoms with Gasteiger partial charge < -0.3 is 15.2 Å². The second-order valence-electron chi connectivity index (χ2n) is 4.48. The van der Waals surface area contributed by atoms with Crippen molar-refractivity contribution in [1.82, 2.24) is 10.3 Å². The summed E-state index contributed by atoms with van der Waals surface area (Å²) < 4.78 is 5.48. The van der Waals surface area contributed by atoms with Crippen molar-refractivity contribution in [3.05, 3.63) is 24.0 Å². The van der Waals surface area contributed by atoms with Crippen LogP contribution in [0.15, 0.2) is 18.3 Å². The molecule has 96 valence electrons. The summed E-state index contributed by atoms with van der Waals surface area (Å²) in [5, 5.41) is 12.3. The SMILES string of the molecule is CC(C)CCOCCNCc1ccc(O)cn1. The van der Waals surface area contributed by atoms with Crippen LogP contribution in [0.2, 0.25) is 0 Å². The van der Waals surface area contributed by atoms with Gasteiger partial charge in [0.1, 0.15) is 5.75 Å². The topological polar surface area (TPSA) is 54.4 Å². The molecule has 0 bridgehead atoms. The second kappa shape index (κ2) is 8.03. The van der Waals surface area contributed by atoms with Crippen LogP contribution in [-0.4, -0.2) is 29.8 Å². The zero-order valence-electron chi connectivity index (χ0n) is 10.6. The molecule has 0 spiro atoms. The van der Waals surface area contributed by atoms with E-state index in [2.05, 4.69) is 24.1 Å². The highest BCUT2D eigenvalue weighted by atomic mass is 16.5. The van der Waals surface area contributed by atoms with Crippen LogP contribution in [0.3, 0.4) is 0 Å². The molecule has 0 amide bonds. The van der Waals surface area contributed by atoms with E-state index in [4.69, 9.17) is 9.84 Å². The van der Waals surface area contributed by atoms with E-state index < -0.39 is 0 Å². The lowest BCUT2D eigenvalue weighted by atomic mass is 10.1. The predicted octanol–water partition coefficient (Wildman–Crippen LogP) is 1.94. The van der Waals surface area contributed by atoms with Crippen molar-refractivity contribution in [2.24, 2.45) is 5.92 Å². The van der Waals surface area contributed by atoms with Gasteiger partial charge >= 0.3 is 0 Å². The van der Waals surface area contributed by atoms with Gasteiger partial charge in [0.05, 0.1) is 18.5 Å². The Labute approximate surface area is 103 Å². The summed E-state index contributed by atoms with van der Waals surface area (Å²) in [5.41, 5.74) is 0.921. The van der Waals surface area contributed by atoms with E-state index in [9.17, 15) is 0 Å². The summed E-state index contributed by atoms with van der Waals surface area (Å²) in [7, 11) is 0. The zero-order chi connectivity index (χ0) is 12.5. The van der Waals surface area contributed by atoms with E-state index >= 15 is 0 Å². The van der Waals surface area contributed by atoms with Crippen molar-refractivity contribution < 1.29 is 9.84 Å². The molecule has 0 saturated carbocycles. The molecule has 0 atom stereocenters. The molecule has 0 radical (unpaired) electrons. The number of hydrogen-bond donors (Lipinski definition) is 2. The van der Waals surface area contributed by atoms with E-state index in [-0.39, 0.29) is 5.75 Å². The first-order chi connectivity index (χ1) is 8.18. The number of aromatic hydroxyl groups is 1. The molecular formula is C13H22N2O2. The van der Waals surface area contributed by atoms with Gasteiger partial charge in [0.2, 0.25) is 0 Å². The molecule has 1 heterocycles. The molecule has 4 nitrogen and oxygen atoms in total. The summed E-state index contributed by atoms with van der Waals surface area (Å²) in [5.74, 6) is 0.898. The quantitative estimate of drug-likeness (QED) is 0.680. The zero-order valence-corrected chi connectivity index (χ0v) is 10.6. The normalized spacial score (nSPS) is 11.0. The van der Waals surface area contributed by atoms with Gasteiger partial charge in [-0.15, -0.1) is 0 Å². The van der Waals surface area contributed by atoms with Crippen LogP contribution in [0.1, 0.15) is 26.0 Å². The van der Waals surface area contributed by atoms with Crippen molar-refractivity contribution in [3.63, 3.8) is 0 Å². The molecule has 0 aliphatic heterocycles. The minimum Gasteiger partial charge on any atom is -0.506 e. The maximum Gasteiger partial charge on any atom is 0.133 e. The van der Waals surface area contributed by atoms with Crippen molar-refractivity contribution in [2.45, 2.75) is 26.8 Å². The average molecular weight is 238 g/mol. The summed E-state index contributed by atoms with van der Waals surface area (Å²) >= 11 is 0. The van der Waals surface area contributed by atoms with Gasteiger partial charge in [-0.25, -0.2) is 0 Å². The van der Waals surface area contributed by atoms with Gasteiger partial charge in [-0.05, 0) is 24.5 Å². The van der Waals surface area contributed by atoms with Gasteiger partial charge in [0, 0.05) is 19.7 Å². The van der Waals surface area contributed by atoms with Gasteiger partial charge in [-0.1, -0.05) is 13.8 Å². The highest BCUT2D eigenvalue weighted by Crippen LogP contribution is 2.05. The Hall–Kier alpha value is -1.13. The van der Waals surface area contributed by atoms with Crippen molar-refractivity contribution in [3.8, 4) is 5.75 Å². The molecule has 0 aliphatic rings. The first-order valence-electron chi connectivity index (χ1n) is 6.11. The molecule has 2 N–H and O–H groups in total. The van der Waals surface area contributed by atoms with E-state index in [0.29, 0.717) is 12.5 Å². The van der Waals surface area contributed by atoms with Gasteiger partial charge in [0.15, 0.2) is 0 Å². The molecule has 0 aliphatic carbocycles. The number of aromatic nitrogens is 1. The summed E-state index contributed by atoms with van der Waals surface area (Å²) in [6.45, 7) is 7.46. The minimum atomic E-state index is 0.200. The van der Waals surface area contributed by atoms with Crippen LogP contribution in [0, 0.1) is 5.92 Å². The fourth-order valence-corrected chi connectivity index (χ4v) is 1.30. The van der Waals surface area contributed by atoms with Gasteiger partial charge in [0.25, 0.3) is 0 Å². The summed E-state index contributed by atoms with van der Waals surface area (Å²) in [4.78, 5) is 4.08. The first kappa shape index (κ1) is 13.9. The Morgan fingerprint density at radius 1 is 1.35 bits per heavy atom. The lowest BCUT2D eigenvalue weighted by Gasteiger charge is -2.07. The van der Waals surface area contributed by atoms with Crippen molar-refractivity contribution in [1.29, 1.82) is 0 Å². The highest BCUT2D eigenvalue weighted by molar-refractivity contribution is 5.17. The Morgan fingerprint density at radius 2 is 2.18 bits per heavy atom. The largest absolute Gasteiger partial charge is 0.506 e. The van der Waals surface area contributed by atoms with Crippen LogP contribution in [0.4, 0.5) is 0 Å². The molecule has 0 aromatic carbocycles. The van der Waals surface area contributed by atoms with E-state index in [1.54, 1.807) is 6.07 Å². The number of ether oxygens (including phenoxy) is 1. The van der Waals surface area contributed by atoms with Gasteiger partial charge in [-0.2, -0.15) is 0 Å². The Balaban J connectivity index is 1.99. The maximum atomic E-state index is 9.07. The van der Waals surface area contributed by atoms with Crippen LogP contribution in [0.5, 0.6) is 5.75 Å². The molecule has 4 heteroatoms. The number of pyridine rings is 1. The average Bonchev–Trinajstić information content (AvgIpc) is 2.30. The predicted molar refractivity (Wildman–Crippen MR) is 67.9 cm³/mol. The smallest absolute Gasteiger partial charge is 0.133 e. The lowest BCUT2D eigenvalue weighted by Crippen LogP contribution is -2.20. The summed E-state index contributed by atoms with van der Waals surface area (Å²) in [6, 6.07) is 3.45. The molecule has 1 aromatic rings. The maximum absolute atomic E-state index is 9.07. The number of nitrogens with one attached hydrogen (secondary N) is 1. The van der Waals surface area contributed by atoms with Gasteiger partial charge in [-0.3, -0.25) is 4.98 Å². The van der Waals surface area contributed by atoms with Crippen LogP contribution in [0.25, 0.3) is 0 Å². The highest BCUT2D eigenvalue weighted by Gasteiger charge is 1.96. The third-order valence-electron chi connectivity index (χ3n) is 2.38. The number of rotatable bonds is 8. The third-order valence-corrected chi connectivity index (χ3v) is 2.38. The van der Waals surface area contributed by atoms with Crippen molar-refractivity contribution >= 4 is 0 Å². The van der Waals surface area contributed by atoms with Crippen LogP contribution < -0.4 is 5.32 Å². The Bertz CT molecular complexity index is 299. The standard InChI is InChI=1S/C13H22N2O2/c1-11(2)5-7-17-8-6-14-9-12-3-4-13(16)10-15-12/h3-4,10-11,14,16H,5-9H2,1-2H3. The molecule has 1 aromatic heterocycles. The third kappa shape index (κ3) is 6.92. The minimum absolute atomic E-state index is 0.200. The van der Waals surface area contributed by atoms with E-state index in [0.717, 1.165) is 31.9 Å². The molecule has 17 heavy (non-hydrogen) atoms. The van der Waals surface area contributed by atoms with Crippen LogP contribution >= 0.6 is 0 Å². The van der Waals surface area contributed by atoms with E-state index in [1.807, 2.05) is 6.07 Å². The molecule has 0 fully saturated rings. The monoisotopic (exact) mass is 238 g/mol. The van der Waals surface area contributed by atoms with Crippen LogP contribution in [-0.2, 0) is 11.3 Å².